The normalized spacial score (nSPS) is 11.6. The third-order valence-corrected chi connectivity index (χ3v) is 2.27. The van der Waals surface area contributed by atoms with Crippen LogP contribution in [0.4, 0.5) is 0 Å². The van der Waals surface area contributed by atoms with Crippen LogP contribution < -0.4 is 11.1 Å². The van der Waals surface area contributed by atoms with Gasteiger partial charge in [0.05, 0.1) is 0 Å². The van der Waals surface area contributed by atoms with E-state index in [0.29, 0.717) is 6.42 Å². The Labute approximate surface area is 103 Å². The molecule has 1 rings (SSSR count). The second-order valence-electron chi connectivity index (χ2n) is 3.61. The van der Waals surface area contributed by atoms with E-state index in [-0.39, 0.29) is 24.4 Å². The van der Waals surface area contributed by atoms with E-state index in [2.05, 4.69) is 17.4 Å². The van der Waals surface area contributed by atoms with Crippen LogP contribution in [0.1, 0.15) is 18.9 Å². The number of benzene rings is 1. The van der Waals surface area contributed by atoms with Crippen LogP contribution in [0.25, 0.3) is 0 Å². The molecule has 0 aliphatic heterocycles. The van der Waals surface area contributed by atoms with Crippen LogP contribution in [-0.4, -0.2) is 18.5 Å². The summed E-state index contributed by atoms with van der Waals surface area (Å²) >= 11 is 0. The highest BCUT2D eigenvalue weighted by atomic mass is 35.5. The van der Waals surface area contributed by atoms with Gasteiger partial charge < -0.3 is 11.1 Å². The molecule has 0 aliphatic rings. The number of hydrogen-bond acceptors (Lipinski definition) is 2. The van der Waals surface area contributed by atoms with Crippen LogP contribution in [-0.2, 0) is 11.2 Å². The van der Waals surface area contributed by atoms with Gasteiger partial charge in [-0.2, -0.15) is 0 Å². The van der Waals surface area contributed by atoms with Gasteiger partial charge in [0.15, 0.2) is 0 Å². The fraction of sp³-hybridized carbons (Fsp3) is 0.417. The van der Waals surface area contributed by atoms with Gasteiger partial charge in [0.1, 0.15) is 0 Å². The first-order chi connectivity index (χ1) is 7.22. The lowest BCUT2D eigenvalue weighted by Crippen LogP contribution is -2.35. The summed E-state index contributed by atoms with van der Waals surface area (Å²) in [6.07, 6.45) is 1.24. The van der Waals surface area contributed by atoms with Crippen LogP contribution in [0.5, 0.6) is 0 Å². The van der Waals surface area contributed by atoms with Crippen LogP contribution in [0.2, 0.25) is 0 Å². The van der Waals surface area contributed by atoms with Gasteiger partial charge in [-0.3, -0.25) is 4.79 Å². The van der Waals surface area contributed by atoms with Crippen molar-refractivity contribution in [2.75, 3.05) is 6.54 Å². The molecular formula is C12H19ClN2O. The molecule has 0 aromatic heterocycles. The molecule has 1 amide bonds. The van der Waals surface area contributed by atoms with Crippen molar-refractivity contribution in [3.05, 3.63) is 35.9 Å². The highest BCUT2D eigenvalue weighted by Crippen LogP contribution is 2.05. The summed E-state index contributed by atoms with van der Waals surface area (Å²) in [5, 5.41) is 3.26. The minimum Gasteiger partial charge on any atom is -0.370 e. The van der Waals surface area contributed by atoms with Crippen molar-refractivity contribution in [3.8, 4) is 0 Å². The lowest BCUT2D eigenvalue weighted by atomic mass is 10.0. The van der Waals surface area contributed by atoms with E-state index in [1.165, 1.54) is 5.56 Å². The predicted molar refractivity (Wildman–Crippen MR) is 68.7 cm³/mol. The zero-order chi connectivity index (χ0) is 11.1. The maximum atomic E-state index is 10.9. The van der Waals surface area contributed by atoms with Gasteiger partial charge in [-0.1, -0.05) is 37.3 Å². The van der Waals surface area contributed by atoms with Gasteiger partial charge in [0.25, 0.3) is 0 Å². The first-order valence-corrected chi connectivity index (χ1v) is 5.28. The van der Waals surface area contributed by atoms with E-state index in [1.807, 2.05) is 25.1 Å². The minimum absolute atomic E-state index is 0. The van der Waals surface area contributed by atoms with Crippen molar-refractivity contribution < 1.29 is 4.79 Å². The summed E-state index contributed by atoms with van der Waals surface area (Å²) in [6, 6.07) is 10.3. The summed E-state index contributed by atoms with van der Waals surface area (Å²) in [5.74, 6) is -0.253. The van der Waals surface area contributed by atoms with Gasteiger partial charge in [0.2, 0.25) is 5.91 Å². The number of hydrogen-bond donors (Lipinski definition) is 2. The third kappa shape index (κ3) is 5.73. The van der Waals surface area contributed by atoms with Crippen molar-refractivity contribution in [1.82, 2.24) is 5.32 Å². The molecule has 0 heterocycles. The molecule has 16 heavy (non-hydrogen) atoms. The van der Waals surface area contributed by atoms with Crippen LogP contribution in [0, 0.1) is 0 Å². The summed E-state index contributed by atoms with van der Waals surface area (Å²) in [6.45, 7) is 2.88. The Morgan fingerprint density at radius 3 is 2.50 bits per heavy atom. The smallest absolute Gasteiger partial charge is 0.218 e. The molecule has 0 saturated heterocycles. The van der Waals surface area contributed by atoms with Crippen molar-refractivity contribution in [2.45, 2.75) is 25.8 Å². The molecule has 3 N–H and O–H groups in total. The third-order valence-electron chi connectivity index (χ3n) is 2.27. The highest BCUT2D eigenvalue weighted by molar-refractivity contribution is 5.85. The van der Waals surface area contributed by atoms with Crippen molar-refractivity contribution in [3.63, 3.8) is 0 Å². The van der Waals surface area contributed by atoms with Gasteiger partial charge >= 0.3 is 0 Å². The number of halogens is 1. The lowest BCUT2D eigenvalue weighted by molar-refractivity contribution is -0.118. The van der Waals surface area contributed by atoms with Crippen LogP contribution >= 0.6 is 12.4 Å². The summed E-state index contributed by atoms with van der Waals surface area (Å²) in [5.41, 5.74) is 6.42. The van der Waals surface area contributed by atoms with E-state index in [1.54, 1.807) is 0 Å². The van der Waals surface area contributed by atoms with E-state index >= 15 is 0 Å². The largest absolute Gasteiger partial charge is 0.370 e. The van der Waals surface area contributed by atoms with Gasteiger partial charge in [0, 0.05) is 12.5 Å². The van der Waals surface area contributed by atoms with E-state index in [4.69, 9.17) is 5.73 Å². The number of carbonyl (C=O) groups excluding carboxylic acids is 1. The summed E-state index contributed by atoms with van der Waals surface area (Å²) in [7, 11) is 0. The fourth-order valence-corrected chi connectivity index (χ4v) is 1.65. The molecule has 0 saturated carbocycles. The lowest BCUT2D eigenvalue weighted by Gasteiger charge is -2.15. The molecule has 1 aromatic carbocycles. The minimum atomic E-state index is -0.253. The topological polar surface area (TPSA) is 55.1 Å². The first kappa shape index (κ1) is 14.9. The molecule has 0 unspecified atom stereocenters. The fourth-order valence-electron chi connectivity index (χ4n) is 1.65. The highest BCUT2D eigenvalue weighted by Gasteiger charge is 2.10. The Bertz CT molecular complexity index is 303. The number of rotatable bonds is 6. The molecule has 1 atom stereocenters. The molecular weight excluding hydrogens is 224 g/mol. The maximum absolute atomic E-state index is 10.9. The first-order valence-electron chi connectivity index (χ1n) is 5.28. The van der Waals surface area contributed by atoms with E-state index < -0.39 is 0 Å². The van der Waals surface area contributed by atoms with E-state index in [0.717, 1.165) is 13.0 Å². The van der Waals surface area contributed by atoms with E-state index in [9.17, 15) is 4.79 Å². The Morgan fingerprint density at radius 1 is 1.38 bits per heavy atom. The van der Waals surface area contributed by atoms with Gasteiger partial charge in [-0.05, 0) is 18.5 Å². The summed E-state index contributed by atoms with van der Waals surface area (Å²) in [4.78, 5) is 10.9. The Balaban J connectivity index is 0.00000225. The predicted octanol–water partition coefficient (Wildman–Crippen LogP) is 1.50. The SMILES string of the molecule is CCN[C@H](CC(N)=O)Cc1ccccc1.Cl. The standard InChI is InChI=1S/C12H18N2O.ClH/c1-2-14-11(9-12(13)15)8-10-6-4-3-5-7-10;/h3-7,11,14H,2,8-9H2,1H3,(H2,13,15);1H/t11-;/m0./s1. The Morgan fingerprint density at radius 2 is 2.00 bits per heavy atom. The van der Waals surface area contributed by atoms with Crippen LogP contribution in [0.3, 0.4) is 0 Å². The Hall–Kier alpha value is -1.06. The van der Waals surface area contributed by atoms with Crippen LogP contribution in [0.15, 0.2) is 30.3 Å². The van der Waals surface area contributed by atoms with Crippen molar-refractivity contribution >= 4 is 18.3 Å². The molecule has 90 valence electrons. The number of amides is 1. The number of nitrogens with one attached hydrogen (secondary N) is 1. The monoisotopic (exact) mass is 242 g/mol. The van der Waals surface area contributed by atoms with Crippen molar-refractivity contribution in [1.29, 1.82) is 0 Å². The number of likely N-dealkylation sites (N-methyl/N-ethyl adjacent to an activating group) is 1. The average molecular weight is 243 g/mol. The number of primary amides is 1. The Kier molecular flexibility index (Phi) is 7.60. The second-order valence-corrected chi connectivity index (χ2v) is 3.61. The zero-order valence-electron chi connectivity index (χ0n) is 9.48. The number of carbonyl (C=O) groups is 1. The molecule has 0 spiro atoms. The van der Waals surface area contributed by atoms with Gasteiger partial charge in [-0.15, -0.1) is 12.4 Å². The second kappa shape index (κ2) is 8.13. The average Bonchev–Trinajstić information content (AvgIpc) is 2.18. The molecule has 1 aromatic rings. The molecule has 0 fully saturated rings. The molecule has 0 bridgehead atoms. The maximum Gasteiger partial charge on any atom is 0.218 e. The molecule has 0 aliphatic carbocycles. The van der Waals surface area contributed by atoms with Crippen molar-refractivity contribution in [2.24, 2.45) is 5.73 Å². The number of nitrogens with two attached hydrogens (primary N) is 1. The molecule has 4 heteroatoms. The van der Waals surface area contributed by atoms with Gasteiger partial charge in [-0.25, -0.2) is 0 Å². The molecule has 3 nitrogen and oxygen atoms in total. The summed E-state index contributed by atoms with van der Waals surface area (Å²) < 4.78 is 0. The molecule has 0 radical (unpaired) electrons. The zero-order valence-corrected chi connectivity index (χ0v) is 10.3. The quantitative estimate of drug-likeness (QED) is 0.795.